The van der Waals surface area contributed by atoms with Crippen LogP contribution < -0.4 is 5.32 Å². The van der Waals surface area contributed by atoms with Crippen molar-refractivity contribution in [1.82, 2.24) is 19.7 Å². The van der Waals surface area contributed by atoms with Gasteiger partial charge in [-0.2, -0.15) is 0 Å². The fourth-order valence-corrected chi connectivity index (χ4v) is 5.84. The molecule has 1 aliphatic heterocycles. The summed E-state index contributed by atoms with van der Waals surface area (Å²) >= 11 is 1.75. The number of hydrogen-bond donors (Lipinski definition) is 1. The van der Waals surface area contributed by atoms with E-state index in [4.69, 9.17) is 0 Å². The normalized spacial score (nSPS) is 22.7. The van der Waals surface area contributed by atoms with Gasteiger partial charge in [0.1, 0.15) is 11.2 Å². The molecule has 1 unspecified atom stereocenters. The maximum atomic E-state index is 13.6. The Morgan fingerprint density at radius 3 is 2.67 bits per heavy atom. The van der Waals surface area contributed by atoms with Crippen LogP contribution in [0.2, 0.25) is 0 Å². The molecular weight excluding hydrogens is 396 g/mol. The number of aryl methyl sites for hydroxylation is 1. The number of likely N-dealkylation sites (N-methyl/N-ethyl adjacent to an activating group) is 1. The molecule has 0 spiro atoms. The van der Waals surface area contributed by atoms with Gasteiger partial charge in [-0.1, -0.05) is 26.2 Å². The lowest BCUT2D eigenvalue weighted by Gasteiger charge is -2.45. The van der Waals surface area contributed by atoms with Crippen LogP contribution >= 0.6 is 11.3 Å². The predicted molar refractivity (Wildman–Crippen MR) is 122 cm³/mol. The summed E-state index contributed by atoms with van der Waals surface area (Å²) in [6, 6.07) is 4.43. The molecule has 0 saturated heterocycles. The predicted octanol–water partition coefficient (Wildman–Crippen LogP) is 3.49. The highest BCUT2D eigenvalue weighted by molar-refractivity contribution is 7.19. The standard InChI is InChI=1S/C23H34N4O2S/c1-5-17-13-18-20(30-17)14-19-21(28)27(12-11-25(3)4)23(2,15-26(18)19)22(29)24-16-9-7-6-8-10-16/h13-14,16H,5-12,15H2,1-4H3,(H,24,29). The highest BCUT2D eigenvalue weighted by Crippen LogP contribution is 2.36. The van der Waals surface area contributed by atoms with Crippen molar-refractivity contribution in [3.05, 3.63) is 22.7 Å². The number of nitrogens with one attached hydrogen (secondary N) is 1. The average Bonchev–Trinajstić information content (AvgIpc) is 3.27. The summed E-state index contributed by atoms with van der Waals surface area (Å²) in [5, 5.41) is 3.30. The van der Waals surface area contributed by atoms with Crippen LogP contribution in [-0.2, 0) is 17.8 Å². The number of hydrogen-bond acceptors (Lipinski definition) is 4. The molecule has 2 aromatic rings. The Kier molecular flexibility index (Phi) is 5.95. The molecule has 0 radical (unpaired) electrons. The van der Waals surface area contributed by atoms with Crippen molar-refractivity contribution in [1.29, 1.82) is 0 Å². The molecule has 1 N–H and O–H groups in total. The zero-order chi connectivity index (χ0) is 21.5. The van der Waals surface area contributed by atoms with E-state index in [0.29, 0.717) is 18.8 Å². The van der Waals surface area contributed by atoms with Gasteiger partial charge in [0.05, 0.1) is 16.8 Å². The van der Waals surface area contributed by atoms with E-state index in [2.05, 4.69) is 27.8 Å². The smallest absolute Gasteiger partial charge is 0.271 e. The second-order valence-electron chi connectivity index (χ2n) is 9.27. The molecule has 4 rings (SSSR count). The van der Waals surface area contributed by atoms with E-state index in [1.165, 1.54) is 24.1 Å². The Morgan fingerprint density at radius 1 is 1.27 bits per heavy atom. The van der Waals surface area contributed by atoms with E-state index in [9.17, 15) is 9.59 Å². The fourth-order valence-electron chi connectivity index (χ4n) is 4.80. The lowest BCUT2D eigenvalue weighted by Crippen LogP contribution is -2.65. The van der Waals surface area contributed by atoms with Crippen LogP contribution in [0.1, 0.15) is 61.3 Å². The van der Waals surface area contributed by atoms with Crippen LogP contribution in [0.5, 0.6) is 0 Å². The van der Waals surface area contributed by atoms with Gasteiger partial charge in [-0.05, 0) is 52.4 Å². The van der Waals surface area contributed by atoms with E-state index in [1.807, 2.05) is 32.0 Å². The molecule has 3 heterocycles. The molecule has 2 aliphatic rings. The van der Waals surface area contributed by atoms with Crippen LogP contribution in [0.25, 0.3) is 10.2 Å². The number of amides is 2. The van der Waals surface area contributed by atoms with Crippen LogP contribution in [0.4, 0.5) is 0 Å². The summed E-state index contributed by atoms with van der Waals surface area (Å²) in [5.41, 5.74) is 0.905. The zero-order valence-corrected chi connectivity index (χ0v) is 19.5. The van der Waals surface area contributed by atoms with Crippen LogP contribution in [-0.4, -0.2) is 64.9 Å². The molecule has 6 nitrogen and oxygen atoms in total. The SMILES string of the molecule is CCc1cc2c(cc3n2CC(C)(C(=O)NC2CCCCC2)N(CCN(C)C)C3=O)s1. The van der Waals surface area contributed by atoms with E-state index in [1.54, 1.807) is 11.3 Å². The molecule has 1 aliphatic carbocycles. The number of thiophene rings is 1. The first-order valence-electron chi connectivity index (χ1n) is 11.2. The number of carbonyl (C=O) groups is 2. The number of rotatable bonds is 6. The van der Waals surface area contributed by atoms with Gasteiger partial charge in [0, 0.05) is 24.0 Å². The van der Waals surface area contributed by atoms with Gasteiger partial charge < -0.3 is 19.7 Å². The van der Waals surface area contributed by atoms with Gasteiger partial charge in [-0.25, -0.2) is 0 Å². The Labute approximate surface area is 183 Å². The van der Waals surface area contributed by atoms with E-state index in [-0.39, 0.29) is 17.9 Å². The Morgan fingerprint density at radius 2 is 2.00 bits per heavy atom. The van der Waals surface area contributed by atoms with Crippen molar-refractivity contribution in [2.24, 2.45) is 0 Å². The van der Waals surface area contributed by atoms with Crippen molar-refractivity contribution >= 4 is 33.4 Å². The Balaban J connectivity index is 1.69. The second kappa shape index (κ2) is 8.35. The van der Waals surface area contributed by atoms with Gasteiger partial charge >= 0.3 is 0 Å². The molecule has 0 aromatic carbocycles. The average molecular weight is 431 g/mol. The third-order valence-corrected chi connectivity index (χ3v) is 7.93. The monoisotopic (exact) mass is 430 g/mol. The summed E-state index contributed by atoms with van der Waals surface area (Å²) in [5.74, 6) is -0.0502. The molecule has 2 aromatic heterocycles. The second-order valence-corrected chi connectivity index (χ2v) is 10.4. The van der Waals surface area contributed by atoms with E-state index < -0.39 is 5.54 Å². The molecule has 0 bridgehead atoms. The lowest BCUT2D eigenvalue weighted by atomic mass is 9.91. The van der Waals surface area contributed by atoms with Crippen molar-refractivity contribution in [3.8, 4) is 0 Å². The molecule has 1 fully saturated rings. The quantitative estimate of drug-likeness (QED) is 0.763. The maximum Gasteiger partial charge on any atom is 0.271 e. The number of nitrogens with zero attached hydrogens (tertiary/aromatic N) is 3. The van der Waals surface area contributed by atoms with Crippen LogP contribution in [0.15, 0.2) is 12.1 Å². The third-order valence-electron chi connectivity index (χ3n) is 6.72. The number of carbonyl (C=O) groups excluding carboxylic acids is 2. The molecule has 1 atom stereocenters. The summed E-state index contributed by atoms with van der Waals surface area (Å²) in [6.45, 7) is 5.87. The molecule has 30 heavy (non-hydrogen) atoms. The van der Waals surface area contributed by atoms with Gasteiger partial charge in [0.15, 0.2) is 0 Å². The van der Waals surface area contributed by atoms with Gasteiger partial charge in [-0.15, -0.1) is 11.3 Å². The van der Waals surface area contributed by atoms with E-state index >= 15 is 0 Å². The largest absolute Gasteiger partial charge is 0.351 e. The highest BCUT2D eigenvalue weighted by atomic mass is 32.1. The minimum atomic E-state index is -0.891. The highest BCUT2D eigenvalue weighted by Gasteiger charge is 2.48. The number of fused-ring (bicyclic) bond motifs is 3. The minimum Gasteiger partial charge on any atom is -0.351 e. The first-order valence-corrected chi connectivity index (χ1v) is 12.0. The Hall–Kier alpha value is -1.86. The summed E-state index contributed by atoms with van der Waals surface area (Å²) in [7, 11) is 4.00. The first-order chi connectivity index (χ1) is 14.3. The van der Waals surface area contributed by atoms with Gasteiger partial charge in [0.25, 0.3) is 5.91 Å². The van der Waals surface area contributed by atoms with Crippen LogP contribution in [0, 0.1) is 0 Å². The molecule has 1 saturated carbocycles. The van der Waals surface area contributed by atoms with Crippen molar-refractivity contribution in [3.63, 3.8) is 0 Å². The molecule has 164 valence electrons. The summed E-state index contributed by atoms with van der Waals surface area (Å²) in [4.78, 5) is 32.3. The maximum absolute atomic E-state index is 13.6. The van der Waals surface area contributed by atoms with Crippen molar-refractivity contribution < 1.29 is 9.59 Å². The van der Waals surface area contributed by atoms with Crippen molar-refractivity contribution in [2.45, 2.75) is 70.5 Å². The third kappa shape index (κ3) is 3.78. The zero-order valence-electron chi connectivity index (χ0n) is 18.7. The fraction of sp³-hybridized carbons (Fsp3) is 0.652. The first kappa shape index (κ1) is 21.4. The van der Waals surface area contributed by atoms with Crippen molar-refractivity contribution in [2.75, 3.05) is 27.2 Å². The van der Waals surface area contributed by atoms with Crippen LogP contribution in [0.3, 0.4) is 0 Å². The van der Waals surface area contributed by atoms with Gasteiger partial charge in [0.2, 0.25) is 5.91 Å². The molecule has 2 amide bonds. The Bertz CT molecular complexity index is 941. The molecular formula is C23H34N4O2S. The lowest BCUT2D eigenvalue weighted by molar-refractivity contribution is -0.133. The minimum absolute atomic E-state index is 0.0139. The topological polar surface area (TPSA) is 57.6 Å². The number of aromatic nitrogens is 1. The molecule has 7 heteroatoms. The summed E-state index contributed by atoms with van der Waals surface area (Å²) in [6.07, 6.45) is 6.65. The van der Waals surface area contributed by atoms with E-state index in [0.717, 1.165) is 36.0 Å². The van der Waals surface area contributed by atoms with Gasteiger partial charge in [-0.3, -0.25) is 9.59 Å². The summed E-state index contributed by atoms with van der Waals surface area (Å²) < 4.78 is 3.22.